The summed E-state index contributed by atoms with van der Waals surface area (Å²) in [5.41, 5.74) is 1.76. The molecule has 0 saturated carbocycles. The summed E-state index contributed by atoms with van der Waals surface area (Å²) in [5, 5.41) is 2.94. The Morgan fingerprint density at radius 2 is 1.97 bits per heavy atom. The molecular weight excluding hydrogens is 448 g/mol. The first kappa shape index (κ1) is 26.5. The minimum Gasteiger partial charge on any atom is -0.497 e. The largest absolute Gasteiger partial charge is 0.497 e. The van der Waals surface area contributed by atoms with E-state index in [0.29, 0.717) is 55.5 Å². The van der Waals surface area contributed by atoms with E-state index in [0.717, 1.165) is 5.56 Å². The highest BCUT2D eigenvalue weighted by Crippen LogP contribution is 2.33. The lowest BCUT2D eigenvalue weighted by molar-refractivity contribution is -0.139. The van der Waals surface area contributed by atoms with Gasteiger partial charge in [0, 0.05) is 51.4 Å². The van der Waals surface area contributed by atoms with Gasteiger partial charge in [0.25, 0.3) is 0 Å². The third-order valence-electron chi connectivity index (χ3n) is 6.49. The van der Waals surface area contributed by atoms with E-state index in [1.165, 1.54) is 4.90 Å². The number of piperazine rings is 1. The van der Waals surface area contributed by atoms with Gasteiger partial charge in [-0.15, -0.1) is 0 Å². The number of hydrogen-bond donors (Lipinski definition) is 1. The van der Waals surface area contributed by atoms with Crippen molar-refractivity contribution >= 4 is 17.9 Å². The number of likely N-dealkylation sites (N-methyl/N-ethyl adjacent to an activating group) is 1. The minimum absolute atomic E-state index is 0.0403. The van der Waals surface area contributed by atoms with Crippen molar-refractivity contribution in [3.8, 4) is 5.75 Å². The van der Waals surface area contributed by atoms with Crippen molar-refractivity contribution in [1.29, 1.82) is 0 Å². The standard InChI is InChI=1S/C26H38N4O5/c1-7-35-25(32)23-21(16-29-11-12-30(18(4)15-29)22(31)13-17(2)3)28(5)26(33)27-24(23)19-9-8-10-20(14-19)34-6/h8-10,14,17-18,24H,7,11-13,15-16H2,1-6H3,(H,27,33). The number of methoxy groups -OCH3 is 1. The van der Waals surface area contributed by atoms with Gasteiger partial charge in [0.05, 0.1) is 25.3 Å². The molecule has 1 N–H and O–H groups in total. The smallest absolute Gasteiger partial charge is 0.338 e. The van der Waals surface area contributed by atoms with E-state index in [2.05, 4.69) is 10.2 Å². The van der Waals surface area contributed by atoms with Crippen LogP contribution in [0.5, 0.6) is 5.75 Å². The number of nitrogens with one attached hydrogen (secondary N) is 1. The number of nitrogens with zero attached hydrogens (tertiary/aromatic N) is 3. The molecule has 2 aliphatic rings. The number of ether oxygens (including phenoxy) is 2. The molecule has 35 heavy (non-hydrogen) atoms. The van der Waals surface area contributed by atoms with Gasteiger partial charge in [0.2, 0.25) is 5.91 Å². The molecule has 1 fully saturated rings. The maximum absolute atomic E-state index is 13.2. The predicted molar refractivity (Wildman–Crippen MR) is 133 cm³/mol. The highest BCUT2D eigenvalue weighted by atomic mass is 16.5. The van der Waals surface area contributed by atoms with E-state index in [1.54, 1.807) is 21.1 Å². The second kappa shape index (κ2) is 11.6. The van der Waals surface area contributed by atoms with Crippen LogP contribution in [0.2, 0.25) is 0 Å². The summed E-state index contributed by atoms with van der Waals surface area (Å²) in [6.07, 6.45) is 0.535. The molecule has 2 aliphatic heterocycles. The SMILES string of the molecule is CCOC(=O)C1=C(CN2CCN(C(=O)CC(C)C)C(C)C2)N(C)C(=O)NC1c1cccc(OC)c1. The molecule has 1 aromatic carbocycles. The van der Waals surface area contributed by atoms with Crippen LogP contribution in [0.25, 0.3) is 0 Å². The van der Waals surface area contributed by atoms with Gasteiger partial charge in [-0.2, -0.15) is 0 Å². The zero-order valence-electron chi connectivity index (χ0n) is 21.7. The van der Waals surface area contributed by atoms with Crippen molar-refractivity contribution in [1.82, 2.24) is 20.0 Å². The van der Waals surface area contributed by atoms with Gasteiger partial charge >= 0.3 is 12.0 Å². The van der Waals surface area contributed by atoms with Gasteiger partial charge < -0.3 is 19.7 Å². The Balaban J connectivity index is 1.92. The average Bonchev–Trinajstić information content (AvgIpc) is 2.81. The van der Waals surface area contributed by atoms with Crippen LogP contribution in [-0.4, -0.2) is 85.6 Å². The van der Waals surface area contributed by atoms with Crippen molar-refractivity contribution in [3.05, 3.63) is 41.1 Å². The lowest BCUT2D eigenvalue weighted by Crippen LogP contribution is -2.56. The number of esters is 1. The molecule has 3 rings (SSSR count). The molecule has 0 aliphatic carbocycles. The molecule has 9 nitrogen and oxygen atoms in total. The molecule has 2 unspecified atom stereocenters. The predicted octanol–water partition coefficient (Wildman–Crippen LogP) is 2.79. The van der Waals surface area contributed by atoms with Crippen molar-refractivity contribution in [2.24, 2.45) is 5.92 Å². The fourth-order valence-corrected chi connectivity index (χ4v) is 4.69. The summed E-state index contributed by atoms with van der Waals surface area (Å²) >= 11 is 0. The number of rotatable bonds is 8. The van der Waals surface area contributed by atoms with Gasteiger partial charge in [-0.3, -0.25) is 14.6 Å². The Morgan fingerprint density at radius 3 is 2.60 bits per heavy atom. The van der Waals surface area contributed by atoms with Gasteiger partial charge in [-0.25, -0.2) is 9.59 Å². The molecule has 2 heterocycles. The van der Waals surface area contributed by atoms with Crippen LogP contribution >= 0.6 is 0 Å². The summed E-state index contributed by atoms with van der Waals surface area (Å²) in [5.74, 6) is 0.663. The van der Waals surface area contributed by atoms with Crippen LogP contribution in [0.4, 0.5) is 4.79 Å². The lowest BCUT2D eigenvalue weighted by atomic mass is 9.94. The Labute approximate surface area is 208 Å². The van der Waals surface area contributed by atoms with Crippen molar-refractivity contribution < 1.29 is 23.9 Å². The second-order valence-electron chi connectivity index (χ2n) is 9.57. The lowest BCUT2D eigenvalue weighted by Gasteiger charge is -2.42. The summed E-state index contributed by atoms with van der Waals surface area (Å²) in [6.45, 7) is 10.5. The normalized spacial score (nSPS) is 21.3. The fourth-order valence-electron chi connectivity index (χ4n) is 4.69. The van der Waals surface area contributed by atoms with Crippen LogP contribution in [0.3, 0.4) is 0 Å². The Hall–Kier alpha value is -3.07. The molecule has 0 aromatic heterocycles. The quantitative estimate of drug-likeness (QED) is 0.568. The highest BCUT2D eigenvalue weighted by Gasteiger charge is 2.38. The maximum atomic E-state index is 13.2. The third kappa shape index (κ3) is 6.14. The number of carbonyl (C=O) groups excluding carboxylic acids is 3. The summed E-state index contributed by atoms with van der Waals surface area (Å²) in [4.78, 5) is 44.4. The van der Waals surface area contributed by atoms with E-state index in [9.17, 15) is 14.4 Å². The summed E-state index contributed by atoms with van der Waals surface area (Å²) in [6, 6.07) is 6.41. The molecule has 2 atom stereocenters. The molecule has 0 bridgehead atoms. The highest BCUT2D eigenvalue weighted by molar-refractivity contribution is 5.95. The van der Waals surface area contributed by atoms with Crippen LogP contribution in [0.15, 0.2) is 35.5 Å². The first-order valence-corrected chi connectivity index (χ1v) is 12.3. The molecule has 0 spiro atoms. The summed E-state index contributed by atoms with van der Waals surface area (Å²) in [7, 11) is 3.24. The van der Waals surface area contributed by atoms with Crippen molar-refractivity contribution in [2.75, 3.05) is 46.9 Å². The molecule has 9 heteroatoms. The Bertz CT molecular complexity index is 976. The first-order chi connectivity index (χ1) is 16.7. The fraction of sp³-hybridized carbons (Fsp3) is 0.577. The number of benzene rings is 1. The molecule has 1 saturated heterocycles. The molecule has 1 aromatic rings. The maximum Gasteiger partial charge on any atom is 0.338 e. The van der Waals surface area contributed by atoms with E-state index < -0.39 is 12.0 Å². The van der Waals surface area contributed by atoms with Crippen molar-refractivity contribution in [2.45, 2.75) is 46.2 Å². The topological polar surface area (TPSA) is 91.4 Å². The number of carbonyl (C=O) groups is 3. The molecular formula is C26H38N4O5. The first-order valence-electron chi connectivity index (χ1n) is 12.3. The zero-order valence-corrected chi connectivity index (χ0v) is 21.7. The molecule has 3 amide bonds. The van der Waals surface area contributed by atoms with E-state index in [4.69, 9.17) is 9.47 Å². The van der Waals surface area contributed by atoms with Crippen LogP contribution < -0.4 is 10.1 Å². The molecule has 192 valence electrons. The number of amides is 3. The van der Waals surface area contributed by atoms with Gasteiger partial charge in [0.1, 0.15) is 5.75 Å². The number of hydrogen-bond acceptors (Lipinski definition) is 6. The third-order valence-corrected chi connectivity index (χ3v) is 6.49. The van der Waals surface area contributed by atoms with Gasteiger partial charge in [-0.05, 0) is 37.5 Å². The van der Waals surface area contributed by atoms with E-state index in [-0.39, 0.29) is 24.6 Å². The van der Waals surface area contributed by atoms with Gasteiger partial charge in [-0.1, -0.05) is 26.0 Å². The van der Waals surface area contributed by atoms with Crippen LogP contribution in [0, 0.1) is 5.92 Å². The summed E-state index contributed by atoms with van der Waals surface area (Å²) < 4.78 is 10.8. The molecule has 0 radical (unpaired) electrons. The minimum atomic E-state index is -0.658. The second-order valence-corrected chi connectivity index (χ2v) is 9.57. The average molecular weight is 487 g/mol. The monoisotopic (exact) mass is 486 g/mol. The van der Waals surface area contributed by atoms with Crippen molar-refractivity contribution in [3.63, 3.8) is 0 Å². The van der Waals surface area contributed by atoms with E-state index in [1.807, 2.05) is 49.9 Å². The Morgan fingerprint density at radius 1 is 1.23 bits per heavy atom. The van der Waals surface area contributed by atoms with Gasteiger partial charge in [0.15, 0.2) is 0 Å². The Kier molecular flexibility index (Phi) is 8.77. The van der Waals surface area contributed by atoms with Crippen LogP contribution in [0.1, 0.15) is 45.7 Å². The zero-order chi connectivity index (χ0) is 25.7. The number of urea groups is 1. The van der Waals surface area contributed by atoms with E-state index >= 15 is 0 Å². The van der Waals surface area contributed by atoms with Crippen LogP contribution in [-0.2, 0) is 14.3 Å².